The number of likely N-dealkylation sites (tertiary alicyclic amines) is 1. The van der Waals surface area contributed by atoms with Crippen LogP contribution in [0.3, 0.4) is 0 Å². The fourth-order valence-corrected chi connectivity index (χ4v) is 3.40. The predicted octanol–water partition coefficient (Wildman–Crippen LogP) is 3.00. The molecule has 0 spiro atoms. The van der Waals surface area contributed by atoms with E-state index in [1.54, 1.807) is 6.26 Å². The van der Waals surface area contributed by atoms with Crippen LogP contribution in [-0.4, -0.2) is 37.7 Å². The summed E-state index contributed by atoms with van der Waals surface area (Å²) < 4.78 is 7.50. The average molecular weight is 323 g/mol. The van der Waals surface area contributed by atoms with Gasteiger partial charge in [-0.25, -0.2) is 9.97 Å². The Balaban J connectivity index is 1.40. The van der Waals surface area contributed by atoms with E-state index >= 15 is 0 Å². The van der Waals surface area contributed by atoms with E-state index in [-0.39, 0.29) is 0 Å². The third kappa shape index (κ3) is 2.97. The minimum atomic E-state index is 0.460. The van der Waals surface area contributed by atoms with Crippen LogP contribution in [0.15, 0.2) is 41.3 Å². The van der Waals surface area contributed by atoms with Crippen molar-refractivity contribution in [3.05, 3.63) is 53.8 Å². The molecular formula is C18H21N5O. The summed E-state index contributed by atoms with van der Waals surface area (Å²) in [6.07, 6.45) is 6.55. The number of nitrogens with zero attached hydrogens (tertiary/aromatic N) is 5. The minimum absolute atomic E-state index is 0.460. The van der Waals surface area contributed by atoms with Gasteiger partial charge >= 0.3 is 0 Å². The van der Waals surface area contributed by atoms with E-state index in [0.29, 0.717) is 17.6 Å². The van der Waals surface area contributed by atoms with Crippen molar-refractivity contribution in [2.45, 2.75) is 32.9 Å². The average Bonchev–Trinajstić information content (AvgIpc) is 3.30. The molecule has 24 heavy (non-hydrogen) atoms. The standard InChI is InChI=1S/C18H21N5O/c1-13-8-14(2)23(21-13)16-5-6-22(12-16)11-15-9-19-18(20-10-15)17-4-3-7-24-17/h3-4,7-10,16H,5-6,11-12H2,1-2H3/t16-/m0/s1. The number of furan rings is 1. The first kappa shape index (κ1) is 15.1. The van der Waals surface area contributed by atoms with Gasteiger partial charge in [0.15, 0.2) is 11.6 Å². The number of rotatable bonds is 4. The molecule has 0 N–H and O–H groups in total. The second-order valence-corrected chi connectivity index (χ2v) is 6.44. The normalized spacial score (nSPS) is 18.3. The number of hydrogen-bond acceptors (Lipinski definition) is 5. The second kappa shape index (κ2) is 6.20. The lowest BCUT2D eigenvalue weighted by atomic mass is 10.2. The van der Waals surface area contributed by atoms with Gasteiger partial charge in [0.05, 0.1) is 18.0 Å². The molecule has 0 aliphatic carbocycles. The molecule has 3 aromatic rings. The predicted molar refractivity (Wildman–Crippen MR) is 90.4 cm³/mol. The number of aromatic nitrogens is 4. The Kier molecular flexibility index (Phi) is 3.90. The zero-order valence-electron chi connectivity index (χ0n) is 14.0. The Bertz CT molecular complexity index is 807. The van der Waals surface area contributed by atoms with Gasteiger partial charge < -0.3 is 4.42 Å². The molecule has 1 aliphatic rings. The van der Waals surface area contributed by atoms with Crippen LogP contribution in [0.1, 0.15) is 29.4 Å². The highest BCUT2D eigenvalue weighted by molar-refractivity contribution is 5.45. The fourth-order valence-electron chi connectivity index (χ4n) is 3.40. The zero-order valence-corrected chi connectivity index (χ0v) is 14.0. The van der Waals surface area contributed by atoms with Crippen LogP contribution in [0.25, 0.3) is 11.6 Å². The molecule has 6 nitrogen and oxygen atoms in total. The highest BCUT2D eigenvalue weighted by atomic mass is 16.3. The van der Waals surface area contributed by atoms with Crippen LogP contribution in [0.4, 0.5) is 0 Å². The molecule has 0 unspecified atom stereocenters. The summed E-state index contributed by atoms with van der Waals surface area (Å²) in [4.78, 5) is 11.3. The van der Waals surface area contributed by atoms with Gasteiger partial charge in [0.2, 0.25) is 0 Å². The van der Waals surface area contributed by atoms with E-state index < -0.39 is 0 Å². The first-order chi connectivity index (χ1) is 11.7. The first-order valence-electron chi connectivity index (χ1n) is 8.29. The molecule has 0 amide bonds. The van der Waals surface area contributed by atoms with Gasteiger partial charge in [-0.05, 0) is 38.5 Å². The maximum Gasteiger partial charge on any atom is 0.195 e. The molecule has 124 valence electrons. The van der Waals surface area contributed by atoms with Gasteiger partial charge in [0.25, 0.3) is 0 Å². The van der Waals surface area contributed by atoms with Gasteiger partial charge in [-0.2, -0.15) is 5.10 Å². The van der Waals surface area contributed by atoms with Crippen molar-refractivity contribution in [3.8, 4) is 11.6 Å². The SMILES string of the molecule is Cc1cc(C)n([C@H]2CCN(Cc3cnc(-c4ccco4)nc3)C2)n1. The molecule has 1 saturated heterocycles. The molecule has 1 aliphatic heterocycles. The van der Waals surface area contributed by atoms with Crippen LogP contribution >= 0.6 is 0 Å². The van der Waals surface area contributed by atoms with E-state index in [0.717, 1.165) is 37.3 Å². The maximum absolute atomic E-state index is 5.32. The molecule has 0 saturated carbocycles. The summed E-state index contributed by atoms with van der Waals surface area (Å²) in [7, 11) is 0. The molecule has 4 heterocycles. The zero-order chi connectivity index (χ0) is 16.5. The second-order valence-electron chi connectivity index (χ2n) is 6.44. The summed E-state index contributed by atoms with van der Waals surface area (Å²) in [5.74, 6) is 1.33. The molecule has 1 atom stereocenters. The molecular weight excluding hydrogens is 302 g/mol. The summed E-state index contributed by atoms with van der Waals surface area (Å²) in [6, 6.07) is 6.32. The Morgan fingerprint density at radius 3 is 2.75 bits per heavy atom. The fraction of sp³-hybridized carbons (Fsp3) is 0.389. The lowest BCUT2D eigenvalue weighted by Crippen LogP contribution is -2.22. The van der Waals surface area contributed by atoms with Crippen molar-refractivity contribution in [1.82, 2.24) is 24.6 Å². The molecule has 3 aromatic heterocycles. The van der Waals surface area contributed by atoms with E-state index in [1.807, 2.05) is 31.5 Å². The summed E-state index contributed by atoms with van der Waals surface area (Å²) in [5, 5.41) is 4.63. The van der Waals surface area contributed by atoms with Crippen molar-refractivity contribution in [2.75, 3.05) is 13.1 Å². The van der Waals surface area contributed by atoms with E-state index in [2.05, 4.69) is 37.6 Å². The molecule has 0 bridgehead atoms. The van der Waals surface area contributed by atoms with Crippen molar-refractivity contribution in [1.29, 1.82) is 0 Å². The van der Waals surface area contributed by atoms with Crippen molar-refractivity contribution in [2.24, 2.45) is 0 Å². The quantitative estimate of drug-likeness (QED) is 0.738. The summed E-state index contributed by atoms with van der Waals surface area (Å²) >= 11 is 0. The van der Waals surface area contributed by atoms with Gasteiger partial charge in [0, 0.05) is 43.3 Å². The van der Waals surface area contributed by atoms with Gasteiger partial charge in [-0.15, -0.1) is 0 Å². The van der Waals surface area contributed by atoms with E-state index in [1.165, 1.54) is 5.69 Å². The van der Waals surface area contributed by atoms with E-state index in [9.17, 15) is 0 Å². The molecule has 0 aromatic carbocycles. The Hall–Kier alpha value is -2.47. The molecule has 0 radical (unpaired) electrons. The highest BCUT2D eigenvalue weighted by Crippen LogP contribution is 2.24. The topological polar surface area (TPSA) is 60.0 Å². The number of aryl methyl sites for hydroxylation is 2. The summed E-state index contributed by atoms with van der Waals surface area (Å²) in [6.45, 7) is 7.14. The van der Waals surface area contributed by atoms with Gasteiger partial charge in [0.1, 0.15) is 0 Å². The molecule has 6 heteroatoms. The maximum atomic E-state index is 5.32. The van der Waals surface area contributed by atoms with Gasteiger partial charge in [-0.3, -0.25) is 9.58 Å². The summed E-state index contributed by atoms with van der Waals surface area (Å²) in [5.41, 5.74) is 3.46. The first-order valence-corrected chi connectivity index (χ1v) is 8.29. The Labute approximate surface area is 141 Å². The lowest BCUT2D eigenvalue weighted by Gasteiger charge is -2.16. The minimum Gasteiger partial charge on any atom is -0.461 e. The monoisotopic (exact) mass is 323 g/mol. The van der Waals surface area contributed by atoms with Crippen LogP contribution in [0.2, 0.25) is 0 Å². The largest absolute Gasteiger partial charge is 0.461 e. The third-order valence-electron chi connectivity index (χ3n) is 4.49. The Morgan fingerprint density at radius 2 is 2.08 bits per heavy atom. The smallest absolute Gasteiger partial charge is 0.195 e. The highest BCUT2D eigenvalue weighted by Gasteiger charge is 2.25. The van der Waals surface area contributed by atoms with Crippen molar-refractivity contribution >= 4 is 0 Å². The molecule has 1 fully saturated rings. The third-order valence-corrected chi connectivity index (χ3v) is 4.49. The van der Waals surface area contributed by atoms with E-state index in [4.69, 9.17) is 4.42 Å². The van der Waals surface area contributed by atoms with Crippen molar-refractivity contribution < 1.29 is 4.42 Å². The lowest BCUT2D eigenvalue weighted by molar-refractivity contribution is 0.310. The van der Waals surface area contributed by atoms with Crippen LogP contribution < -0.4 is 0 Å². The van der Waals surface area contributed by atoms with Gasteiger partial charge in [-0.1, -0.05) is 0 Å². The van der Waals surface area contributed by atoms with Crippen LogP contribution in [0.5, 0.6) is 0 Å². The van der Waals surface area contributed by atoms with Crippen LogP contribution in [0, 0.1) is 13.8 Å². The van der Waals surface area contributed by atoms with Crippen LogP contribution in [-0.2, 0) is 6.54 Å². The molecule has 4 rings (SSSR count). The number of hydrogen-bond donors (Lipinski definition) is 0. The van der Waals surface area contributed by atoms with Crippen molar-refractivity contribution in [3.63, 3.8) is 0 Å². The Morgan fingerprint density at radius 1 is 1.25 bits per heavy atom.